The van der Waals surface area contributed by atoms with Gasteiger partial charge in [-0.1, -0.05) is 34.8 Å². The fourth-order valence-corrected chi connectivity index (χ4v) is 3.02. The molecule has 0 heterocycles. The van der Waals surface area contributed by atoms with E-state index < -0.39 is 11.6 Å². The van der Waals surface area contributed by atoms with Crippen molar-refractivity contribution in [3.05, 3.63) is 35.4 Å². The maximum atomic E-state index is 13.0. The summed E-state index contributed by atoms with van der Waals surface area (Å²) in [5.41, 5.74) is 0.848. The summed E-state index contributed by atoms with van der Waals surface area (Å²) < 4.78 is 25.8. The Balaban J connectivity index is 2.17. The number of alkyl halides is 1. The lowest BCUT2D eigenvalue weighted by atomic mass is 9.98. The summed E-state index contributed by atoms with van der Waals surface area (Å²) in [4.78, 5) is 0.162. The van der Waals surface area contributed by atoms with Crippen LogP contribution in [-0.2, 0) is 0 Å². The molecule has 1 aliphatic rings. The van der Waals surface area contributed by atoms with Gasteiger partial charge in [0, 0.05) is 4.83 Å². The van der Waals surface area contributed by atoms with Gasteiger partial charge in [-0.2, -0.15) is 0 Å². The summed E-state index contributed by atoms with van der Waals surface area (Å²) >= 11 is 3.58. The number of hydrogen-bond donors (Lipinski definition) is 0. The van der Waals surface area contributed by atoms with Gasteiger partial charge in [0.1, 0.15) is 0 Å². The molecule has 1 fully saturated rings. The topological polar surface area (TPSA) is 0 Å². The number of benzene rings is 1. The van der Waals surface area contributed by atoms with E-state index in [0.29, 0.717) is 5.92 Å². The average molecular weight is 275 g/mol. The van der Waals surface area contributed by atoms with Crippen LogP contribution in [0.15, 0.2) is 18.2 Å². The first kappa shape index (κ1) is 11.1. The van der Waals surface area contributed by atoms with Crippen LogP contribution in [0.1, 0.15) is 36.1 Å². The second-order valence-corrected chi connectivity index (χ2v) is 5.11. The Morgan fingerprint density at radius 3 is 2.40 bits per heavy atom. The molecule has 0 aromatic heterocycles. The third kappa shape index (κ3) is 2.39. The lowest BCUT2D eigenvalue weighted by Gasteiger charge is -2.17. The number of rotatable bonds is 2. The molecule has 0 nitrogen and oxygen atoms in total. The zero-order valence-corrected chi connectivity index (χ0v) is 9.94. The van der Waals surface area contributed by atoms with Crippen molar-refractivity contribution in [3.8, 4) is 0 Å². The van der Waals surface area contributed by atoms with Crippen LogP contribution in [0, 0.1) is 17.6 Å². The predicted molar refractivity (Wildman–Crippen MR) is 60.0 cm³/mol. The summed E-state index contributed by atoms with van der Waals surface area (Å²) in [7, 11) is 0. The number of halogens is 3. The highest BCUT2D eigenvalue weighted by molar-refractivity contribution is 9.09. The molecule has 1 aromatic carbocycles. The molecule has 1 saturated carbocycles. The van der Waals surface area contributed by atoms with E-state index in [0.717, 1.165) is 5.56 Å². The highest BCUT2D eigenvalue weighted by Crippen LogP contribution is 2.41. The summed E-state index contributed by atoms with van der Waals surface area (Å²) in [5.74, 6) is -0.963. The Bertz CT molecular complexity index is 345. The molecule has 0 radical (unpaired) electrons. The Morgan fingerprint density at radius 1 is 1.13 bits per heavy atom. The molecule has 0 aliphatic heterocycles. The van der Waals surface area contributed by atoms with Gasteiger partial charge in [-0.3, -0.25) is 0 Å². The SMILES string of the molecule is Fc1ccc(C(Br)C2CCCC2)cc1F. The number of hydrogen-bond acceptors (Lipinski definition) is 0. The zero-order chi connectivity index (χ0) is 10.8. The Labute approximate surface area is 96.8 Å². The standard InChI is InChI=1S/C12H13BrF2/c13-12(8-3-1-2-4-8)9-5-6-10(14)11(15)7-9/h5-8,12H,1-4H2. The molecule has 1 atom stereocenters. The van der Waals surface area contributed by atoms with Crippen LogP contribution >= 0.6 is 15.9 Å². The molecule has 0 N–H and O–H groups in total. The van der Waals surface area contributed by atoms with E-state index >= 15 is 0 Å². The molecular formula is C12H13BrF2. The van der Waals surface area contributed by atoms with E-state index in [2.05, 4.69) is 15.9 Å². The third-order valence-corrected chi connectivity index (χ3v) is 4.35. The Morgan fingerprint density at radius 2 is 1.80 bits per heavy atom. The Hall–Kier alpha value is -0.440. The van der Waals surface area contributed by atoms with Gasteiger partial charge in [-0.25, -0.2) is 8.78 Å². The lowest BCUT2D eigenvalue weighted by Crippen LogP contribution is -2.03. The van der Waals surface area contributed by atoms with Crippen molar-refractivity contribution in [2.24, 2.45) is 5.92 Å². The summed E-state index contributed by atoms with van der Waals surface area (Å²) in [5, 5.41) is 0. The molecule has 0 amide bonds. The van der Waals surface area contributed by atoms with E-state index in [1.807, 2.05) is 0 Å². The minimum Gasteiger partial charge on any atom is -0.204 e. The second-order valence-electron chi connectivity index (χ2n) is 4.12. The van der Waals surface area contributed by atoms with Gasteiger partial charge in [-0.05, 0) is 36.5 Å². The van der Waals surface area contributed by atoms with Gasteiger partial charge in [-0.15, -0.1) is 0 Å². The van der Waals surface area contributed by atoms with E-state index in [-0.39, 0.29) is 4.83 Å². The lowest BCUT2D eigenvalue weighted by molar-refractivity contribution is 0.500. The van der Waals surface area contributed by atoms with Crippen molar-refractivity contribution in [1.29, 1.82) is 0 Å². The smallest absolute Gasteiger partial charge is 0.159 e. The normalized spacial score (nSPS) is 19.4. The monoisotopic (exact) mass is 274 g/mol. The first-order chi connectivity index (χ1) is 7.18. The quantitative estimate of drug-likeness (QED) is 0.692. The van der Waals surface area contributed by atoms with E-state index in [1.54, 1.807) is 6.07 Å². The van der Waals surface area contributed by atoms with Crippen molar-refractivity contribution >= 4 is 15.9 Å². The molecule has 3 heteroatoms. The van der Waals surface area contributed by atoms with Crippen LogP contribution in [0.5, 0.6) is 0 Å². The van der Waals surface area contributed by atoms with E-state index in [9.17, 15) is 8.78 Å². The van der Waals surface area contributed by atoms with Gasteiger partial charge in [0.05, 0.1) is 0 Å². The molecular weight excluding hydrogens is 262 g/mol. The molecule has 0 bridgehead atoms. The molecule has 0 saturated heterocycles. The minimum absolute atomic E-state index is 0.162. The summed E-state index contributed by atoms with van der Waals surface area (Å²) in [6.07, 6.45) is 4.84. The minimum atomic E-state index is -0.773. The molecule has 1 unspecified atom stereocenters. The van der Waals surface area contributed by atoms with Crippen molar-refractivity contribution in [1.82, 2.24) is 0 Å². The first-order valence-corrected chi connectivity index (χ1v) is 6.19. The van der Waals surface area contributed by atoms with Crippen LogP contribution in [0.2, 0.25) is 0 Å². The highest BCUT2D eigenvalue weighted by Gasteiger charge is 2.24. The summed E-state index contributed by atoms with van der Waals surface area (Å²) in [6, 6.07) is 4.16. The van der Waals surface area contributed by atoms with Gasteiger partial charge in [0.2, 0.25) is 0 Å². The van der Waals surface area contributed by atoms with Gasteiger partial charge < -0.3 is 0 Å². The maximum Gasteiger partial charge on any atom is 0.159 e. The Kier molecular flexibility index (Phi) is 3.39. The van der Waals surface area contributed by atoms with Crippen molar-refractivity contribution in [3.63, 3.8) is 0 Å². The molecule has 0 spiro atoms. The van der Waals surface area contributed by atoms with Crippen molar-refractivity contribution < 1.29 is 8.78 Å². The van der Waals surface area contributed by atoms with Crippen LogP contribution in [0.4, 0.5) is 8.78 Å². The second kappa shape index (κ2) is 4.60. The first-order valence-electron chi connectivity index (χ1n) is 5.27. The van der Waals surface area contributed by atoms with E-state index in [4.69, 9.17) is 0 Å². The molecule has 82 valence electrons. The van der Waals surface area contributed by atoms with Gasteiger partial charge in [0.15, 0.2) is 11.6 Å². The van der Waals surface area contributed by atoms with Crippen LogP contribution < -0.4 is 0 Å². The average Bonchev–Trinajstić information content (AvgIpc) is 2.74. The fraction of sp³-hybridized carbons (Fsp3) is 0.500. The van der Waals surface area contributed by atoms with E-state index in [1.165, 1.54) is 37.8 Å². The van der Waals surface area contributed by atoms with Crippen LogP contribution in [0.25, 0.3) is 0 Å². The molecule has 1 aromatic rings. The largest absolute Gasteiger partial charge is 0.204 e. The molecule has 2 rings (SSSR count). The molecule has 15 heavy (non-hydrogen) atoms. The van der Waals surface area contributed by atoms with Crippen molar-refractivity contribution in [2.45, 2.75) is 30.5 Å². The highest BCUT2D eigenvalue weighted by atomic mass is 79.9. The third-order valence-electron chi connectivity index (χ3n) is 3.08. The van der Waals surface area contributed by atoms with Crippen LogP contribution in [0.3, 0.4) is 0 Å². The van der Waals surface area contributed by atoms with Gasteiger partial charge in [0.25, 0.3) is 0 Å². The zero-order valence-electron chi connectivity index (χ0n) is 8.35. The van der Waals surface area contributed by atoms with Gasteiger partial charge >= 0.3 is 0 Å². The predicted octanol–water partition coefficient (Wildman–Crippen LogP) is 4.59. The van der Waals surface area contributed by atoms with Crippen molar-refractivity contribution in [2.75, 3.05) is 0 Å². The van der Waals surface area contributed by atoms with Crippen LogP contribution in [-0.4, -0.2) is 0 Å². The summed E-state index contributed by atoms with van der Waals surface area (Å²) in [6.45, 7) is 0. The molecule has 1 aliphatic carbocycles. The maximum absolute atomic E-state index is 13.0. The fourth-order valence-electron chi connectivity index (χ4n) is 2.21.